The zero-order valence-corrected chi connectivity index (χ0v) is 11.8. The molecule has 96 valence electrons. The van der Waals surface area contributed by atoms with Gasteiger partial charge in [-0.05, 0) is 11.6 Å². The van der Waals surface area contributed by atoms with E-state index in [9.17, 15) is 4.79 Å². The highest BCUT2D eigenvalue weighted by Gasteiger charge is 2.37. The van der Waals surface area contributed by atoms with Crippen LogP contribution >= 0.6 is 15.9 Å². The molecule has 0 unspecified atom stereocenters. The quantitative estimate of drug-likeness (QED) is 0.775. The minimum absolute atomic E-state index is 0.0902. The molecule has 3 rings (SSSR count). The van der Waals surface area contributed by atoms with Crippen LogP contribution in [0.1, 0.15) is 29.6 Å². The van der Waals surface area contributed by atoms with Crippen molar-refractivity contribution in [2.24, 2.45) is 0 Å². The van der Waals surface area contributed by atoms with E-state index < -0.39 is 0 Å². The van der Waals surface area contributed by atoms with Gasteiger partial charge in [0.05, 0.1) is 6.42 Å². The number of carbonyl (C=O) groups is 1. The Kier molecular flexibility index (Phi) is 3.38. The highest BCUT2D eigenvalue weighted by molar-refractivity contribution is 9.10. The van der Waals surface area contributed by atoms with E-state index in [0.29, 0.717) is 6.42 Å². The second-order valence-corrected chi connectivity index (χ2v) is 5.51. The Hall–Kier alpha value is -1.61. The number of carbonyl (C=O) groups excluding carboxylic acids is 1. The van der Waals surface area contributed by atoms with Gasteiger partial charge in [-0.3, -0.25) is 4.79 Å². The molecule has 1 heterocycles. The average Bonchev–Trinajstić information content (AvgIpc) is 2.82. The van der Waals surface area contributed by atoms with E-state index in [1.165, 1.54) is 0 Å². The van der Waals surface area contributed by atoms with Crippen LogP contribution in [0.4, 0.5) is 0 Å². The largest absolute Gasteiger partial charge is 0.457 e. The van der Waals surface area contributed by atoms with Gasteiger partial charge in [0, 0.05) is 16.0 Å². The molecular formula is C16H13BrO2. The lowest BCUT2D eigenvalue weighted by Crippen LogP contribution is -2.06. The number of hydrogen-bond acceptors (Lipinski definition) is 2. The molecule has 1 aliphatic heterocycles. The molecule has 3 heteroatoms. The summed E-state index contributed by atoms with van der Waals surface area (Å²) < 4.78 is 6.51. The summed E-state index contributed by atoms with van der Waals surface area (Å²) in [6.45, 7) is 0. The minimum Gasteiger partial charge on any atom is -0.457 e. The Labute approximate surface area is 120 Å². The first-order valence-electron chi connectivity index (χ1n) is 6.24. The molecule has 0 N–H and O–H groups in total. The number of hydrogen-bond donors (Lipinski definition) is 0. The van der Waals surface area contributed by atoms with Crippen molar-refractivity contribution in [2.75, 3.05) is 0 Å². The standard InChI is InChI=1S/C16H13BrO2/c17-14-9-5-4-8-12(14)16-13(10-15(18)19-16)11-6-2-1-3-7-11/h1-9,13,16H,10H2/t13-,16-/m0/s1. The van der Waals surface area contributed by atoms with Crippen molar-refractivity contribution in [2.45, 2.75) is 18.4 Å². The summed E-state index contributed by atoms with van der Waals surface area (Å²) in [5.74, 6) is -0.0398. The molecular weight excluding hydrogens is 304 g/mol. The molecule has 2 atom stereocenters. The van der Waals surface area contributed by atoms with Gasteiger partial charge in [-0.2, -0.15) is 0 Å². The van der Waals surface area contributed by atoms with Crippen molar-refractivity contribution in [1.29, 1.82) is 0 Å². The maximum absolute atomic E-state index is 11.7. The molecule has 0 amide bonds. The average molecular weight is 317 g/mol. The molecule has 2 nitrogen and oxygen atoms in total. The van der Waals surface area contributed by atoms with Crippen LogP contribution in [0, 0.1) is 0 Å². The van der Waals surface area contributed by atoms with Crippen molar-refractivity contribution in [3.63, 3.8) is 0 Å². The van der Waals surface area contributed by atoms with Gasteiger partial charge in [-0.25, -0.2) is 0 Å². The number of cyclic esters (lactones) is 1. The second-order valence-electron chi connectivity index (χ2n) is 4.65. The van der Waals surface area contributed by atoms with Crippen LogP contribution in [-0.2, 0) is 9.53 Å². The van der Waals surface area contributed by atoms with Crippen LogP contribution in [0.15, 0.2) is 59.1 Å². The van der Waals surface area contributed by atoms with Crippen LogP contribution in [0.25, 0.3) is 0 Å². The molecule has 0 spiro atoms. The maximum Gasteiger partial charge on any atom is 0.307 e. The fraction of sp³-hybridized carbons (Fsp3) is 0.188. The molecule has 0 radical (unpaired) electrons. The second kappa shape index (κ2) is 5.17. The molecule has 2 aromatic rings. The first-order valence-corrected chi connectivity index (χ1v) is 7.04. The number of rotatable bonds is 2. The highest BCUT2D eigenvalue weighted by Crippen LogP contribution is 2.44. The van der Waals surface area contributed by atoms with Crippen molar-refractivity contribution < 1.29 is 9.53 Å². The van der Waals surface area contributed by atoms with Crippen LogP contribution in [0.2, 0.25) is 0 Å². The zero-order chi connectivity index (χ0) is 13.2. The van der Waals surface area contributed by atoms with E-state index in [4.69, 9.17) is 4.74 Å². The van der Waals surface area contributed by atoms with Gasteiger partial charge in [-0.1, -0.05) is 64.5 Å². The molecule has 19 heavy (non-hydrogen) atoms. The predicted octanol–water partition coefficient (Wildman–Crippen LogP) is 4.22. The Morgan fingerprint density at radius 2 is 1.68 bits per heavy atom. The number of benzene rings is 2. The van der Waals surface area contributed by atoms with Gasteiger partial charge in [0.1, 0.15) is 6.10 Å². The third-order valence-electron chi connectivity index (χ3n) is 3.45. The fourth-order valence-electron chi connectivity index (χ4n) is 2.54. The Morgan fingerprint density at radius 1 is 1.00 bits per heavy atom. The van der Waals surface area contributed by atoms with Gasteiger partial charge in [0.2, 0.25) is 0 Å². The Morgan fingerprint density at radius 3 is 2.42 bits per heavy atom. The lowest BCUT2D eigenvalue weighted by atomic mass is 9.89. The lowest BCUT2D eigenvalue weighted by molar-refractivity contribution is -0.141. The summed E-state index contributed by atoms with van der Waals surface area (Å²) in [7, 11) is 0. The molecule has 0 bridgehead atoms. The molecule has 0 aromatic heterocycles. The summed E-state index contributed by atoms with van der Waals surface area (Å²) in [4.78, 5) is 11.7. The van der Waals surface area contributed by atoms with Crippen LogP contribution < -0.4 is 0 Å². The molecule has 0 aliphatic carbocycles. The van der Waals surface area contributed by atoms with E-state index >= 15 is 0 Å². The fourth-order valence-corrected chi connectivity index (χ4v) is 3.05. The molecule has 1 saturated heterocycles. The maximum atomic E-state index is 11.7. The summed E-state index contributed by atoms with van der Waals surface area (Å²) >= 11 is 3.53. The minimum atomic E-state index is -0.203. The van der Waals surface area contributed by atoms with Crippen LogP contribution in [0.3, 0.4) is 0 Å². The predicted molar refractivity (Wildman–Crippen MR) is 76.8 cm³/mol. The van der Waals surface area contributed by atoms with Gasteiger partial charge < -0.3 is 4.74 Å². The smallest absolute Gasteiger partial charge is 0.307 e. The van der Waals surface area contributed by atoms with Crippen LogP contribution in [-0.4, -0.2) is 5.97 Å². The summed E-state index contributed by atoms with van der Waals surface area (Å²) in [6.07, 6.45) is 0.237. The van der Waals surface area contributed by atoms with Gasteiger partial charge >= 0.3 is 5.97 Å². The third kappa shape index (κ3) is 2.43. The molecule has 2 aromatic carbocycles. The summed E-state index contributed by atoms with van der Waals surface area (Å²) in [6, 6.07) is 18.0. The van der Waals surface area contributed by atoms with E-state index in [-0.39, 0.29) is 18.0 Å². The zero-order valence-electron chi connectivity index (χ0n) is 10.3. The van der Waals surface area contributed by atoms with E-state index in [2.05, 4.69) is 28.1 Å². The van der Waals surface area contributed by atoms with Gasteiger partial charge in [0.15, 0.2) is 0 Å². The SMILES string of the molecule is O=C1C[C@@H](c2ccccc2)[C@H](c2ccccc2Br)O1. The lowest BCUT2D eigenvalue weighted by Gasteiger charge is -2.19. The Bertz CT molecular complexity index is 595. The summed E-state index contributed by atoms with van der Waals surface area (Å²) in [5.41, 5.74) is 2.18. The monoisotopic (exact) mass is 316 g/mol. The first kappa shape index (κ1) is 12.4. The Balaban J connectivity index is 2.00. The number of halogens is 1. The first-order chi connectivity index (χ1) is 9.25. The topological polar surface area (TPSA) is 26.3 Å². The molecule has 1 aliphatic rings. The molecule has 1 fully saturated rings. The van der Waals surface area contributed by atoms with Crippen molar-refractivity contribution >= 4 is 21.9 Å². The van der Waals surface area contributed by atoms with Crippen LogP contribution in [0.5, 0.6) is 0 Å². The third-order valence-corrected chi connectivity index (χ3v) is 4.17. The highest BCUT2D eigenvalue weighted by atomic mass is 79.9. The van der Waals surface area contributed by atoms with E-state index in [1.54, 1.807) is 0 Å². The van der Waals surface area contributed by atoms with Crippen molar-refractivity contribution in [3.05, 3.63) is 70.2 Å². The normalized spacial score (nSPS) is 22.3. The molecule has 0 saturated carbocycles. The summed E-state index contributed by atoms with van der Waals surface area (Å²) in [5, 5.41) is 0. The number of ether oxygens (including phenoxy) is 1. The van der Waals surface area contributed by atoms with Gasteiger partial charge in [0.25, 0.3) is 0 Å². The van der Waals surface area contributed by atoms with E-state index in [0.717, 1.165) is 15.6 Å². The van der Waals surface area contributed by atoms with Crippen molar-refractivity contribution in [1.82, 2.24) is 0 Å². The van der Waals surface area contributed by atoms with Gasteiger partial charge in [-0.15, -0.1) is 0 Å². The number of esters is 1. The van der Waals surface area contributed by atoms with Crippen molar-refractivity contribution in [3.8, 4) is 0 Å². The van der Waals surface area contributed by atoms with E-state index in [1.807, 2.05) is 42.5 Å².